The molecule has 1 aliphatic rings. The molecule has 4 nitrogen and oxygen atoms in total. The van der Waals surface area contributed by atoms with Crippen LogP contribution in [0.1, 0.15) is 18.1 Å². The van der Waals surface area contributed by atoms with Crippen molar-refractivity contribution in [3.05, 3.63) is 53.6 Å². The van der Waals surface area contributed by atoms with Crippen LogP contribution >= 0.6 is 12.2 Å². The van der Waals surface area contributed by atoms with E-state index in [1.54, 1.807) is 0 Å². The summed E-state index contributed by atoms with van der Waals surface area (Å²) in [6.07, 6.45) is 1.03. The second kappa shape index (κ2) is 6.66. The quantitative estimate of drug-likeness (QED) is 0.846. The average Bonchev–Trinajstić information content (AvgIpc) is 3.01. The Labute approximate surface area is 135 Å². The smallest absolute Gasteiger partial charge is 0.231 e. The molecule has 0 fully saturated rings. The first kappa shape index (κ1) is 14.7. The molecule has 0 saturated carbocycles. The lowest BCUT2D eigenvalue weighted by Gasteiger charge is -2.11. The maximum absolute atomic E-state index is 5.36. The van der Waals surface area contributed by atoms with Gasteiger partial charge in [-0.05, 0) is 54.0 Å². The molecule has 0 spiro atoms. The molecule has 0 unspecified atom stereocenters. The van der Waals surface area contributed by atoms with Crippen molar-refractivity contribution >= 4 is 23.0 Å². The fourth-order valence-electron chi connectivity index (χ4n) is 2.23. The van der Waals surface area contributed by atoms with E-state index in [1.807, 2.05) is 30.3 Å². The SMILES string of the molecule is CCc1ccc(NC(=S)NCc2ccc3c(c2)OCO3)cc1. The second-order valence-electron chi connectivity index (χ2n) is 5.05. The molecule has 0 atom stereocenters. The van der Waals surface area contributed by atoms with Crippen molar-refractivity contribution in [2.24, 2.45) is 0 Å². The van der Waals surface area contributed by atoms with Gasteiger partial charge in [0.25, 0.3) is 0 Å². The van der Waals surface area contributed by atoms with Gasteiger partial charge in [-0.3, -0.25) is 0 Å². The Hall–Kier alpha value is -2.27. The highest BCUT2D eigenvalue weighted by atomic mass is 32.1. The Kier molecular flexibility index (Phi) is 4.44. The van der Waals surface area contributed by atoms with Crippen LogP contribution in [0.25, 0.3) is 0 Å². The molecule has 114 valence electrons. The summed E-state index contributed by atoms with van der Waals surface area (Å²) in [6, 6.07) is 14.2. The molecule has 0 bridgehead atoms. The van der Waals surface area contributed by atoms with E-state index >= 15 is 0 Å². The molecule has 22 heavy (non-hydrogen) atoms. The maximum Gasteiger partial charge on any atom is 0.231 e. The van der Waals surface area contributed by atoms with Crippen molar-refractivity contribution in [3.8, 4) is 11.5 Å². The average molecular weight is 314 g/mol. The zero-order valence-corrected chi connectivity index (χ0v) is 13.2. The topological polar surface area (TPSA) is 42.5 Å². The van der Waals surface area contributed by atoms with Gasteiger partial charge < -0.3 is 20.1 Å². The summed E-state index contributed by atoms with van der Waals surface area (Å²) in [5, 5.41) is 6.97. The fourth-order valence-corrected chi connectivity index (χ4v) is 2.42. The van der Waals surface area contributed by atoms with Gasteiger partial charge in [0, 0.05) is 12.2 Å². The Morgan fingerprint density at radius 2 is 1.77 bits per heavy atom. The first-order valence-electron chi connectivity index (χ1n) is 7.27. The summed E-state index contributed by atoms with van der Waals surface area (Å²) in [7, 11) is 0. The van der Waals surface area contributed by atoms with Gasteiger partial charge in [-0.2, -0.15) is 0 Å². The van der Waals surface area contributed by atoms with Gasteiger partial charge in [0.1, 0.15) is 0 Å². The zero-order chi connectivity index (χ0) is 15.4. The van der Waals surface area contributed by atoms with E-state index in [2.05, 4.69) is 29.7 Å². The molecule has 0 amide bonds. The predicted octanol–water partition coefficient (Wildman–Crippen LogP) is 3.46. The van der Waals surface area contributed by atoms with Gasteiger partial charge in [-0.15, -0.1) is 0 Å². The number of rotatable bonds is 4. The van der Waals surface area contributed by atoms with E-state index in [-0.39, 0.29) is 0 Å². The van der Waals surface area contributed by atoms with Crippen LogP contribution in [0.3, 0.4) is 0 Å². The molecule has 0 radical (unpaired) electrons. The van der Waals surface area contributed by atoms with Crippen LogP contribution in [-0.4, -0.2) is 11.9 Å². The van der Waals surface area contributed by atoms with Crippen molar-refractivity contribution in [1.29, 1.82) is 0 Å². The minimum Gasteiger partial charge on any atom is -0.454 e. The molecular formula is C17H18N2O2S. The Morgan fingerprint density at radius 3 is 2.55 bits per heavy atom. The Bertz CT molecular complexity index is 671. The number of ether oxygens (including phenoxy) is 2. The molecular weight excluding hydrogens is 296 g/mol. The fraction of sp³-hybridized carbons (Fsp3) is 0.235. The van der Waals surface area contributed by atoms with E-state index in [4.69, 9.17) is 21.7 Å². The highest BCUT2D eigenvalue weighted by Gasteiger charge is 2.13. The number of thiocarbonyl (C=S) groups is 1. The van der Waals surface area contributed by atoms with Crippen LogP contribution in [0.5, 0.6) is 11.5 Å². The highest BCUT2D eigenvalue weighted by molar-refractivity contribution is 7.80. The summed E-state index contributed by atoms with van der Waals surface area (Å²) < 4.78 is 10.7. The lowest BCUT2D eigenvalue weighted by atomic mass is 10.1. The molecule has 2 aromatic rings. The van der Waals surface area contributed by atoms with Crippen LogP contribution in [0.15, 0.2) is 42.5 Å². The summed E-state index contributed by atoms with van der Waals surface area (Å²) in [4.78, 5) is 0. The van der Waals surface area contributed by atoms with Crippen molar-refractivity contribution in [1.82, 2.24) is 5.32 Å². The van der Waals surface area contributed by atoms with Gasteiger partial charge >= 0.3 is 0 Å². The first-order chi connectivity index (χ1) is 10.7. The lowest BCUT2D eigenvalue weighted by molar-refractivity contribution is 0.174. The van der Waals surface area contributed by atoms with E-state index in [1.165, 1.54) is 5.56 Å². The number of anilines is 1. The van der Waals surface area contributed by atoms with Crippen LogP contribution in [0.4, 0.5) is 5.69 Å². The molecule has 3 rings (SSSR count). The van der Waals surface area contributed by atoms with Crippen molar-refractivity contribution in [3.63, 3.8) is 0 Å². The number of aryl methyl sites for hydroxylation is 1. The van der Waals surface area contributed by atoms with E-state index in [9.17, 15) is 0 Å². The number of nitrogens with one attached hydrogen (secondary N) is 2. The van der Waals surface area contributed by atoms with E-state index < -0.39 is 0 Å². The van der Waals surface area contributed by atoms with Crippen molar-refractivity contribution < 1.29 is 9.47 Å². The van der Waals surface area contributed by atoms with Gasteiger partial charge in [0.05, 0.1) is 0 Å². The number of hydrogen-bond donors (Lipinski definition) is 2. The van der Waals surface area contributed by atoms with Crippen LogP contribution < -0.4 is 20.1 Å². The highest BCUT2D eigenvalue weighted by Crippen LogP contribution is 2.32. The number of benzene rings is 2. The molecule has 0 aliphatic carbocycles. The minimum absolute atomic E-state index is 0.292. The Morgan fingerprint density at radius 1 is 1.05 bits per heavy atom. The van der Waals surface area contributed by atoms with Crippen molar-refractivity contribution in [2.75, 3.05) is 12.1 Å². The molecule has 1 aliphatic heterocycles. The first-order valence-corrected chi connectivity index (χ1v) is 7.68. The largest absolute Gasteiger partial charge is 0.454 e. The molecule has 1 heterocycles. The zero-order valence-electron chi connectivity index (χ0n) is 12.4. The summed E-state index contributed by atoms with van der Waals surface area (Å²) >= 11 is 5.32. The molecule has 5 heteroatoms. The van der Waals surface area contributed by atoms with Gasteiger partial charge in [0.2, 0.25) is 6.79 Å². The summed E-state index contributed by atoms with van der Waals surface area (Å²) in [6.45, 7) is 3.06. The number of fused-ring (bicyclic) bond motifs is 1. The lowest BCUT2D eigenvalue weighted by Crippen LogP contribution is -2.27. The third-order valence-electron chi connectivity index (χ3n) is 3.51. The van der Waals surface area contributed by atoms with Crippen LogP contribution in [0.2, 0.25) is 0 Å². The monoisotopic (exact) mass is 314 g/mol. The van der Waals surface area contributed by atoms with Crippen molar-refractivity contribution in [2.45, 2.75) is 19.9 Å². The third-order valence-corrected chi connectivity index (χ3v) is 3.76. The summed E-state index contributed by atoms with van der Waals surface area (Å²) in [5.74, 6) is 1.58. The van der Waals surface area contributed by atoms with Crippen LogP contribution in [0, 0.1) is 0 Å². The van der Waals surface area contributed by atoms with Crippen LogP contribution in [-0.2, 0) is 13.0 Å². The molecule has 0 saturated heterocycles. The second-order valence-corrected chi connectivity index (χ2v) is 5.45. The normalized spacial score (nSPS) is 12.0. The maximum atomic E-state index is 5.36. The molecule has 2 N–H and O–H groups in total. The van der Waals surface area contributed by atoms with E-state index in [0.717, 1.165) is 29.2 Å². The molecule has 0 aromatic heterocycles. The minimum atomic E-state index is 0.292. The third kappa shape index (κ3) is 3.49. The number of hydrogen-bond acceptors (Lipinski definition) is 3. The van der Waals surface area contributed by atoms with E-state index in [0.29, 0.717) is 18.5 Å². The standard InChI is InChI=1S/C17H18N2O2S/c1-2-12-3-6-14(7-4-12)19-17(22)18-10-13-5-8-15-16(9-13)21-11-20-15/h3-9H,2,10-11H2,1H3,(H2,18,19,22). The van der Waals surface area contributed by atoms with Gasteiger partial charge in [-0.1, -0.05) is 25.1 Å². The van der Waals surface area contributed by atoms with Gasteiger partial charge in [-0.25, -0.2) is 0 Å². The summed E-state index contributed by atoms with van der Waals surface area (Å²) in [5.41, 5.74) is 3.39. The molecule has 2 aromatic carbocycles. The Balaban J connectivity index is 1.53. The predicted molar refractivity (Wildman–Crippen MR) is 91.4 cm³/mol. The van der Waals surface area contributed by atoms with Gasteiger partial charge in [0.15, 0.2) is 16.6 Å².